The number of aromatic nitrogens is 4. The van der Waals surface area contributed by atoms with Crippen molar-refractivity contribution in [3.05, 3.63) is 41.6 Å². The summed E-state index contributed by atoms with van der Waals surface area (Å²) in [6.45, 7) is 5.51. The molecular formula is C24H29ClFN7O2. The van der Waals surface area contributed by atoms with Gasteiger partial charge in [0.25, 0.3) is 0 Å². The number of hydrogen-bond donors (Lipinski definition) is 3. The van der Waals surface area contributed by atoms with Crippen LogP contribution in [0.1, 0.15) is 46.5 Å². The highest BCUT2D eigenvalue weighted by Crippen LogP contribution is 2.30. The van der Waals surface area contributed by atoms with Gasteiger partial charge in [0, 0.05) is 11.7 Å². The lowest BCUT2D eigenvalue weighted by molar-refractivity contribution is -0.158. The normalized spacial score (nSPS) is 19.3. The fraction of sp³-hybridized carbons (Fsp3) is 0.458. The van der Waals surface area contributed by atoms with Crippen LogP contribution in [0.15, 0.2) is 30.7 Å². The Bertz CT molecular complexity index is 1210. The van der Waals surface area contributed by atoms with Crippen molar-refractivity contribution in [1.29, 1.82) is 0 Å². The third-order valence-corrected chi connectivity index (χ3v) is 6.14. The van der Waals surface area contributed by atoms with Crippen molar-refractivity contribution in [2.75, 3.05) is 10.6 Å². The summed E-state index contributed by atoms with van der Waals surface area (Å²) < 4.78 is 18.9. The summed E-state index contributed by atoms with van der Waals surface area (Å²) in [5.74, 6) is 0.129. The topological polar surface area (TPSA) is 128 Å². The summed E-state index contributed by atoms with van der Waals surface area (Å²) in [5, 5.41) is 6.49. The molecule has 1 unspecified atom stereocenters. The first-order valence-corrected chi connectivity index (χ1v) is 11.9. The zero-order chi connectivity index (χ0) is 25.2. The summed E-state index contributed by atoms with van der Waals surface area (Å²) in [7, 11) is 0. The van der Waals surface area contributed by atoms with E-state index in [0.717, 1.165) is 25.7 Å². The predicted molar refractivity (Wildman–Crippen MR) is 133 cm³/mol. The minimum absolute atomic E-state index is 0.00679. The molecule has 2 aromatic heterocycles. The maximum absolute atomic E-state index is 13.5. The fourth-order valence-corrected chi connectivity index (χ4v) is 4.27. The highest BCUT2D eigenvalue weighted by atomic mass is 35.5. The molecule has 1 atom stereocenters. The van der Waals surface area contributed by atoms with E-state index in [9.17, 15) is 9.18 Å². The van der Waals surface area contributed by atoms with E-state index in [1.807, 2.05) is 20.8 Å². The number of nitrogens with two attached hydrogens (primary N) is 1. The molecule has 4 rings (SSSR count). The molecule has 0 aliphatic heterocycles. The van der Waals surface area contributed by atoms with Crippen LogP contribution in [-0.4, -0.2) is 43.6 Å². The number of esters is 1. The van der Waals surface area contributed by atoms with Crippen molar-refractivity contribution in [2.24, 2.45) is 11.7 Å². The molecule has 4 N–H and O–H groups in total. The van der Waals surface area contributed by atoms with Gasteiger partial charge in [0.2, 0.25) is 5.95 Å². The van der Waals surface area contributed by atoms with Gasteiger partial charge in [0.15, 0.2) is 5.82 Å². The zero-order valence-electron chi connectivity index (χ0n) is 19.9. The lowest BCUT2D eigenvalue weighted by Crippen LogP contribution is -2.44. The van der Waals surface area contributed by atoms with Crippen LogP contribution in [0, 0.1) is 11.7 Å². The number of nitrogens with zero attached hydrogens (tertiary/aromatic N) is 4. The van der Waals surface area contributed by atoms with Gasteiger partial charge in [0.1, 0.15) is 34.8 Å². The first kappa shape index (κ1) is 25.0. The van der Waals surface area contributed by atoms with Gasteiger partial charge < -0.3 is 21.1 Å². The van der Waals surface area contributed by atoms with E-state index >= 15 is 0 Å². The molecule has 0 amide bonds. The largest absolute Gasteiger partial charge is 0.459 e. The minimum Gasteiger partial charge on any atom is -0.459 e. The van der Waals surface area contributed by atoms with Gasteiger partial charge in [-0.3, -0.25) is 4.79 Å². The van der Waals surface area contributed by atoms with E-state index in [0.29, 0.717) is 28.5 Å². The average Bonchev–Trinajstić information content (AvgIpc) is 2.81. The molecule has 0 radical (unpaired) electrons. The number of halogens is 2. The molecule has 0 saturated heterocycles. The molecule has 1 saturated carbocycles. The molecule has 1 aliphatic rings. The molecule has 0 bridgehead atoms. The van der Waals surface area contributed by atoms with Crippen molar-refractivity contribution >= 4 is 46.1 Å². The smallest absolute Gasteiger partial charge is 0.323 e. The molecule has 9 nitrogen and oxygen atoms in total. The Kier molecular flexibility index (Phi) is 7.32. The van der Waals surface area contributed by atoms with Crippen LogP contribution in [0.5, 0.6) is 0 Å². The van der Waals surface area contributed by atoms with Crippen LogP contribution in [0.3, 0.4) is 0 Å². The molecule has 0 spiro atoms. The maximum atomic E-state index is 13.5. The first-order valence-electron chi connectivity index (χ1n) is 11.5. The Labute approximate surface area is 208 Å². The van der Waals surface area contributed by atoms with E-state index in [1.165, 1.54) is 18.5 Å². The van der Waals surface area contributed by atoms with Gasteiger partial charge in [-0.05, 0) is 70.6 Å². The molecule has 1 aromatic carbocycles. The van der Waals surface area contributed by atoms with Crippen LogP contribution in [0.2, 0.25) is 5.02 Å². The van der Waals surface area contributed by atoms with Crippen molar-refractivity contribution in [2.45, 2.75) is 64.1 Å². The lowest BCUT2D eigenvalue weighted by Gasteiger charge is -2.32. The number of nitrogens with one attached hydrogen (secondary N) is 2. The van der Waals surface area contributed by atoms with Gasteiger partial charge in [-0.1, -0.05) is 11.6 Å². The molecule has 1 aliphatic carbocycles. The third kappa shape index (κ3) is 6.32. The van der Waals surface area contributed by atoms with Crippen LogP contribution in [0.4, 0.5) is 21.8 Å². The summed E-state index contributed by atoms with van der Waals surface area (Å²) in [6.07, 6.45) is 6.28. The second-order valence-electron chi connectivity index (χ2n) is 9.72. The molecule has 3 aromatic rings. The van der Waals surface area contributed by atoms with Crippen LogP contribution >= 0.6 is 11.6 Å². The Hall–Kier alpha value is -3.11. The van der Waals surface area contributed by atoms with Crippen molar-refractivity contribution < 1.29 is 13.9 Å². The predicted octanol–water partition coefficient (Wildman–Crippen LogP) is 4.60. The summed E-state index contributed by atoms with van der Waals surface area (Å²) in [5.41, 5.74) is 7.29. The van der Waals surface area contributed by atoms with E-state index in [-0.39, 0.29) is 23.0 Å². The summed E-state index contributed by atoms with van der Waals surface area (Å²) >= 11 is 5.89. The van der Waals surface area contributed by atoms with Crippen molar-refractivity contribution in [1.82, 2.24) is 19.9 Å². The minimum atomic E-state index is -0.627. The fourth-order valence-electron chi connectivity index (χ4n) is 4.09. The lowest BCUT2D eigenvalue weighted by atomic mass is 9.82. The quantitative estimate of drug-likeness (QED) is 0.415. The summed E-state index contributed by atoms with van der Waals surface area (Å²) in [4.78, 5) is 29.8. The standard InChI is InChI=1S/C24H29ClFN7O2/c1-24(2,3)35-22(34)19(27)13-4-6-14(7-5-13)32-23-28-11-18-20(33-23)21(30-12-29-18)31-15-8-9-17(26)16(25)10-15/h8-14,19H,4-7,27H2,1-3H3,(H,28,32,33)(H,29,30,31)/t13-,14-,19?. The van der Waals surface area contributed by atoms with Gasteiger partial charge in [-0.15, -0.1) is 0 Å². The number of rotatable bonds is 6. The number of fused-ring (bicyclic) bond motifs is 1. The van der Waals surface area contributed by atoms with Gasteiger partial charge in [-0.2, -0.15) is 0 Å². The Balaban J connectivity index is 1.41. The molecule has 1 fully saturated rings. The van der Waals surface area contributed by atoms with E-state index in [1.54, 1.807) is 12.3 Å². The molecule has 35 heavy (non-hydrogen) atoms. The number of hydrogen-bond acceptors (Lipinski definition) is 9. The van der Waals surface area contributed by atoms with E-state index < -0.39 is 17.5 Å². The second-order valence-corrected chi connectivity index (χ2v) is 10.1. The van der Waals surface area contributed by atoms with Gasteiger partial charge in [0.05, 0.1) is 11.2 Å². The monoisotopic (exact) mass is 501 g/mol. The second kappa shape index (κ2) is 10.2. The number of ether oxygens (including phenoxy) is 1. The average molecular weight is 502 g/mol. The number of carbonyl (C=O) groups is 1. The van der Waals surface area contributed by atoms with Crippen molar-refractivity contribution in [3.8, 4) is 0 Å². The SMILES string of the molecule is CC(C)(C)OC(=O)C(N)[C@H]1CC[C@H](Nc2ncc3ncnc(Nc4ccc(F)c(Cl)c4)c3n2)CC1. The number of carbonyl (C=O) groups excluding carboxylic acids is 1. The Morgan fingerprint density at radius 3 is 2.63 bits per heavy atom. The Morgan fingerprint density at radius 1 is 1.20 bits per heavy atom. The molecule has 186 valence electrons. The Morgan fingerprint density at radius 2 is 1.94 bits per heavy atom. The van der Waals surface area contributed by atoms with E-state index in [2.05, 4.69) is 30.6 Å². The number of anilines is 3. The first-order chi connectivity index (χ1) is 16.6. The molecular weight excluding hydrogens is 473 g/mol. The molecule has 2 heterocycles. The van der Waals surface area contributed by atoms with Gasteiger partial charge in [-0.25, -0.2) is 24.3 Å². The highest BCUT2D eigenvalue weighted by molar-refractivity contribution is 6.31. The number of benzene rings is 1. The molecule has 11 heteroatoms. The highest BCUT2D eigenvalue weighted by Gasteiger charge is 2.32. The van der Waals surface area contributed by atoms with Crippen LogP contribution in [-0.2, 0) is 9.53 Å². The van der Waals surface area contributed by atoms with Crippen LogP contribution in [0.25, 0.3) is 11.0 Å². The van der Waals surface area contributed by atoms with Crippen LogP contribution < -0.4 is 16.4 Å². The van der Waals surface area contributed by atoms with E-state index in [4.69, 9.17) is 22.1 Å². The third-order valence-electron chi connectivity index (χ3n) is 5.85. The van der Waals surface area contributed by atoms with Gasteiger partial charge >= 0.3 is 5.97 Å². The van der Waals surface area contributed by atoms with Crippen molar-refractivity contribution in [3.63, 3.8) is 0 Å². The zero-order valence-corrected chi connectivity index (χ0v) is 20.6. The summed E-state index contributed by atoms with van der Waals surface area (Å²) in [6, 6.07) is 3.84. The maximum Gasteiger partial charge on any atom is 0.323 e.